The van der Waals surface area contributed by atoms with Crippen LogP contribution in [-0.2, 0) is 20.9 Å². The van der Waals surface area contributed by atoms with Gasteiger partial charge in [0.05, 0.1) is 19.4 Å². The predicted octanol–water partition coefficient (Wildman–Crippen LogP) is 1.19. The van der Waals surface area contributed by atoms with Gasteiger partial charge >= 0.3 is 5.97 Å². The summed E-state index contributed by atoms with van der Waals surface area (Å²) < 4.78 is 66.3. The molecule has 0 amide bonds. The van der Waals surface area contributed by atoms with Crippen molar-refractivity contribution in [3.8, 4) is 11.3 Å². The maximum Gasteiger partial charge on any atom is 0.335 e. The number of nitrogens with zero attached hydrogens (tertiary/aromatic N) is 3. The molecule has 1 saturated heterocycles. The van der Waals surface area contributed by atoms with Gasteiger partial charge in [0, 0.05) is 11.1 Å². The number of hydrogen-bond donors (Lipinski definition) is 4. The molecule has 4 rings (SSSR count). The van der Waals surface area contributed by atoms with Crippen LogP contribution in [0.1, 0.15) is 11.6 Å². The number of aliphatic hydroxyl groups is 3. The van der Waals surface area contributed by atoms with Crippen molar-refractivity contribution in [1.29, 1.82) is 0 Å². The van der Waals surface area contributed by atoms with Gasteiger partial charge in [-0.15, -0.1) is 5.10 Å². The van der Waals surface area contributed by atoms with E-state index >= 15 is 0 Å². The minimum absolute atomic E-state index is 0.0361. The first-order chi connectivity index (χ1) is 17.6. The van der Waals surface area contributed by atoms with E-state index in [4.69, 9.17) is 9.47 Å². The van der Waals surface area contributed by atoms with Gasteiger partial charge in [0.15, 0.2) is 23.6 Å². The van der Waals surface area contributed by atoms with Crippen LogP contribution in [0.4, 0.5) is 17.6 Å². The Morgan fingerprint density at radius 2 is 1.76 bits per heavy atom. The van der Waals surface area contributed by atoms with Crippen LogP contribution >= 0.6 is 0 Å². The van der Waals surface area contributed by atoms with E-state index in [9.17, 15) is 42.8 Å². The summed E-state index contributed by atoms with van der Waals surface area (Å²) in [5.74, 6) is -6.87. The molecule has 0 saturated carbocycles. The summed E-state index contributed by atoms with van der Waals surface area (Å²) >= 11 is 0. The first-order valence-electron chi connectivity index (χ1n) is 10.9. The Balaban J connectivity index is 1.63. The molecule has 6 atom stereocenters. The number of aromatic nitrogens is 3. The summed E-state index contributed by atoms with van der Waals surface area (Å²) in [7, 11) is 0. The zero-order valence-electron chi connectivity index (χ0n) is 18.8. The van der Waals surface area contributed by atoms with Crippen LogP contribution in [0.25, 0.3) is 11.3 Å². The van der Waals surface area contributed by atoms with E-state index in [0.717, 1.165) is 16.9 Å². The van der Waals surface area contributed by atoms with E-state index in [-0.39, 0.29) is 16.8 Å². The molecule has 0 aliphatic carbocycles. The number of carboxylic acid groups (broad SMARTS) is 1. The number of carbonyl (C=O) groups is 1. The summed E-state index contributed by atoms with van der Waals surface area (Å²) in [6.45, 7) is -1.29. The van der Waals surface area contributed by atoms with E-state index in [2.05, 4.69) is 10.3 Å². The average Bonchev–Trinajstić information content (AvgIpc) is 3.34. The van der Waals surface area contributed by atoms with E-state index in [1.54, 1.807) is 0 Å². The van der Waals surface area contributed by atoms with Gasteiger partial charge in [0.2, 0.25) is 0 Å². The lowest BCUT2D eigenvalue weighted by atomic mass is 9.90. The lowest BCUT2D eigenvalue weighted by Gasteiger charge is -2.43. The summed E-state index contributed by atoms with van der Waals surface area (Å²) in [5, 5.41) is 48.6. The summed E-state index contributed by atoms with van der Waals surface area (Å²) in [6.07, 6.45) is -7.35. The Kier molecular flexibility index (Phi) is 7.85. The standard InChI is InChI=1S/C23H21F4N3O7/c24-12-4-2-1-3-10(12)9-36-22(23(34)35)21-20(33)18(19(32)16(8-31)37-21)30-7-15(28-29-30)11-5-13(25)17(27)14(26)6-11/h1-7,16,18-22,31-33H,8-9H2,(H,34,35)/t16?,18-,19-,20?,21+,22-/m0/s1. The number of aliphatic hydroxyl groups excluding tert-OH is 3. The Bertz CT molecular complexity index is 1250. The van der Waals surface area contributed by atoms with Gasteiger partial charge < -0.3 is 29.9 Å². The van der Waals surface area contributed by atoms with Gasteiger partial charge in [0.1, 0.15) is 42.0 Å². The smallest absolute Gasteiger partial charge is 0.335 e. The highest BCUT2D eigenvalue weighted by Crippen LogP contribution is 2.33. The van der Waals surface area contributed by atoms with Crippen molar-refractivity contribution in [2.24, 2.45) is 0 Å². The highest BCUT2D eigenvalue weighted by atomic mass is 19.2. The second kappa shape index (κ2) is 10.9. The Labute approximate surface area is 206 Å². The Morgan fingerprint density at radius 3 is 2.38 bits per heavy atom. The quantitative estimate of drug-likeness (QED) is 0.251. The van der Waals surface area contributed by atoms with E-state index in [0.29, 0.717) is 12.1 Å². The van der Waals surface area contributed by atoms with Crippen LogP contribution in [0.3, 0.4) is 0 Å². The van der Waals surface area contributed by atoms with Crippen molar-refractivity contribution in [2.45, 2.75) is 43.2 Å². The average molecular weight is 527 g/mol. The largest absolute Gasteiger partial charge is 0.479 e. The van der Waals surface area contributed by atoms with E-state index in [1.165, 1.54) is 18.2 Å². The number of rotatable bonds is 8. The van der Waals surface area contributed by atoms with Crippen LogP contribution < -0.4 is 0 Å². The topological polar surface area (TPSA) is 147 Å². The van der Waals surface area contributed by atoms with Gasteiger partial charge in [0.25, 0.3) is 0 Å². The van der Waals surface area contributed by atoms with Crippen LogP contribution in [0.5, 0.6) is 0 Å². The maximum absolute atomic E-state index is 14.0. The van der Waals surface area contributed by atoms with Crippen molar-refractivity contribution in [2.75, 3.05) is 6.61 Å². The number of aliphatic carboxylic acids is 1. The predicted molar refractivity (Wildman–Crippen MR) is 115 cm³/mol. The lowest BCUT2D eigenvalue weighted by molar-refractivity contribution is -0.239. The molecule has 1 aromatic heterocycles. The molecule has 37 heavy (non-hydrogen) atoms. The van der Waals surface area contributed by atoms with Crippen LogP contribution in [0.15, 0.2) is 42.6 Å². The minimum Gasteiger partial charge on any atom is -0.479 e. The third kappa shape index (κ3) is 5.33. The van der Waals surface area contributed by atoms with Gasteiger partial charge in [-0.3, -0.25) is 0 Å². The normalized spacial score (nSPS) is 24.7. The van der Waals surface area contributed by atoms with Gasteiger partial charge in [-0.2, -0.15) is 0 Å². The molecule has 3 aromatic rings. The van der Waals surface area contributed by atoms with Crippen molar-refractivity contribution in [1.82, 2.24) is 15.0 Å². The number of ether oxygens (including phenoxy) is 2. The summed E-state index contributed by atoms with van der Waals surface area (Å²) in [5.41, 5.74) is -0.328. The van der Waals surface area contributed by atoms with E-state index in [1.807, 2.05) is 0 Å². The number of carboxylic acids is 1. The molecule has 2 heterocycles. The number of benzene rings is 2. The fourth-order valence-corrected chi connectivity index (χ4v) is 4.05. The molecule has 1 aliphatic rings. The fourth-order valence-electron chi connectivity index (χ4n) is 4.05. The van der Waals surface area contributed by atoms with Gasteiger partial charge in [-0.1, -0.05) is 23.4 Å². The first-order valence-corrected chi connectivity index (χ1v) is 10.9. The minimum atomic E-state index is -1.87. The highest BCUT2D eigenvalue weighted by molar-refractivity contribution is 5.73. The zero-order valence-corrected chi connectivity index (χ0v) is 18.8. The Hall–Kier alpha value is -3.43. The molecule has 2 unspecified atom stereocenters. The summed E-state index contributed by atoms with van der Waals surface area (Å²) in [4.78, 5) is 12.0. The van der Waals surface area contributed by atoms with Crippen LogP contribution in [0.2, 0.25) is 0 Å². The molecule has 2 aromatic carbocycles. The molecule has 0 radical (unpaired) electrons. The summed E-state index contributed by atoms with van der Waals surface area (Å²) in [6, 6.07) is 5.33. The SMILES string of the molecule is O=C(O)[C@@H](OCc1ccccc1F)[C@@H]1OC(CO)[C@H](O)[C@H](n2cc(-c3cc(F)c(F)c(F)c3)nn2)C1O. The van der Waals surface area contributed by atoms with E-state index < -0.39 is 79.0 Å². The first kappa shape index (κ1) is 26.6. The number of hydrogen-bond acceptors (Lipinski definition) is 8. The molecule has 1 aliphatic heterocycles. The second-order valence-electron chi connectivity index (χ2n) is 8.29. The fraction of sp³-hybridized carbons (Fsp3) is 0.348. The van der Waals surface area contributed by atoms with Gasteiger partial charge in [-0.25, -0.2) is 27.0 Å². The molecule has 10 nitrogen and oxygen atoms in total. The monoisotopic (exact) mass is 527 g/mol. The Morgan fingerprint density at radius 1 is 1.08 bits per heavy atom. The van der Waals surface area contributed by atoms with Crippen molar-refractivity contribution < 1.29 is 52.3 Å². The molecule has 14 heteroatoms. The van der Waals surface area contributed by atoms with Gasteiger partial charge in [-0.05, 0) is 18.2 Å². The maximum atomic E-state index is 14.0. The molecule has 0 bridgehead atoms. The molecule has 0 spiro atoms. The molecule has 4 N–H and O–H groups in total. The zero-order chi connectivity index (χ0) is 26.9. The lowest BCUT2D eigenvalue weighted by Crippen LogP contribution is -2.60. The highest BCUT2D eigenvalue weighted by Gasteiger charge is 2.50. The van der Waals surface area contributed by atoms with Crippen LogP contribution in [0, 0.1) is 23.3 Å². The second-order valence-corrected chi connectivity index (χ2v) is 8.29. The molecule has 198 valence electrons. The molecular weight excluding hydrogens is 506 g/mol. The molecule has 1 fully saturated rings. The number of halogens is 4. The van der Waals surface area contributed by atoms with Crippen LogP contribution in [-0.4, -0.2) is 78.5 Å². The third-order valence-electron chi connectivity index (χ3n) is 5.94. The molecular formula is C23H21F4N3O7. The van der Waals surface area contributed by atoms with Crippen molar-refractivity contribution in [3.63, 3.8) is 0 Å². The van der Waals surface area contributed by atoms with Crippen molar-refractivity contribution >= 4 is 5.97 Å². The third-order valence-corrected chi connectivity index (χ3v) is 5.94. The van der Waals surface area contributed by atoms with Crippen molar-refractivity contribution in [3.05, 3.63) is 71.4 Å².